The van der Waals surface area contributed by atoms with Crippen molar-refractivity contribution in [1.82, 2.24) is 20.1 Å². The molecule has 138 valence electrons. The number of nitrogens with zero attached hydrogens (tertiary/aromatic N) is 4. The van der Waals surface area contributed by atoms with Gasteiger partial charge in [0.2, 0.25) is 11.6 Å². The maximum Gasteiger partial charge on any atom is 0.286 e. The number of fused-ring (bicyclic) bond motifs is 1. The van der Waals surface area contributed by atoms with Gasteiger partial charge in [-0.3, -0.25) is 14.2 Å². The third kappa shape index (κ3) is 3.91. The lowest BCUT2D eigenvalue weighted by Crippen LogP contribution is -2.35. The molecular formula is C18H23N5O3. The molecule has 0 aliphatic carbocycles. The summed E-state index contributed by atoms with van der Waals surface area (Å²) in [5.41, 5.74) is 0.354. The minimum absolute atomic E-state index is 0.158. The van der Waals surface area contributed by atoms with Crippen LogP contribution in [0.5, 0.6) is 0 Å². The van der Waals surface area contributed by atoms with Gasteiger partial charge in [-0.15, -0.1) is 10.2 Å². The van der Waals surface area contributed by atoms with Gasteiger partial charge in [0.15, 0.2) is 0 Å². The highest BCUT2D eigenvalue weighted by Gasteiger charge is 2.26. The quantitative estimate of drug-likeness (QED) is 0.752. The van der Waals surface area contributed by atoms with Crippen LogP contribution in [0.25, 0.3) is 0 Å². The lowest BCUT2D eigenvalue weighted by molar-refractivity contribution is 0.0756. The molecule has 1 N–H and O–H groups in total. The van der Waals surface area contributed by atoms with Gasteiger partial charge in [0, 0.05) is 31.9 Å². The van der Waals surface area contributed by atoms with Crippen LogP contribution in [-0.2, 0) is 11.3 Å². The van der Waals surface area contributed by atoms with Crippen molar-refractivity contribution in [2.24, 2.45) is 0 Å². The van der Waals surface area contributed by atoms with E-state index in [0.29, 0.717) is 38.6 Å². The Hall–Kier alpha value is -2.74. The van der Waals surface area contributed by atoms with Crippen LogP contribution < -0.4 is 15.8 Å². The van der Waals surface area contributed by atoms with Crippen molar-refractivity contribution >= 4 is 17.5 Å². The van der Waals surface area contributed by atoms with E-state index in [1.165, 1.54) is 4.57 Å². The fourth-order valence-corrected chi connectivity index (χ4v) is 2.78. The molecule has 0 spiro atoms. The Morgan fingerprint density at radius 1 is 1.23 bits per heavy atom. The zero-order valence-corrected chi connectivity index (χ0v) is 15.0. The van der Waals surface area contributed by atoms with E-state index in [4.69, 9.17) is 4.74 Å². The molecule has 1 aromatic carbocycles. The Kier molecular flexibility index (Phi) is 5.62. The first-order chi connectivity index (χ1) is 12.6. The van der Waals surface area contributed by atoms with Gasteiger partial charge in [-0.25, -0.2) is 0 Å². The van der Waals surface area contributed by atoms with E-state index in [9.17, 15) is 9.59 Å². The minimum Gasteiger partial charge on any atom is -0.379 e. The summed E-state index contributed by atoms with van der Waals surface area (Å²) in [5.74, 6) is -0.0383. The molecule has 1 aromatic heterocycles. The lowest BCUT2D eigenvalue weighted by atomic mass is 10.3. The number of aromatic nitrogens is 3. The third-order valence-electron chi connectivity index (χ3n) is 4.06. The van der Waals surface area contributed by atoms with Crippen LogP contribution in [0, 0.1) is 0 Å². The van der Waals surface area contributed by atoms with Crippen molar-refractivity contribution in [3.8, 4) is 0 Å². The maximum atomic E-state index is 12.6. The van der Waals surface area contributed by atoms with Crippen molar-refractivity contribution in [1.29, 1.82) is 0 Å². The summed E-state index contributed by atoms with van der Waals surface area (Å²) in [6, 6.07) is 9.67. The van der Waals surface area contributed by atoms with Crippen molar-refractivity contribution in [2.45, 2.75) is 32.9 Å². The van der Waals surface area contributed by atoms with E-state index in [1.54, 1.807) is 0 Å². The normalized spacial score (nSPS) is 13.1. The Morgan fingerprint density at radius 3 is 2.73 bits per heavy atom. The summed E-state index contributed by atoms with van der Waals surface area (Å²) in [4.78, 5) is 26.8. The first kappa shape index (κ1) is 18.1. The molecular weight excluding hydrogens is 334 g/mol. The largest absolute Gasteiger partial charge is 0.379 e. The number of para-hydroxylation sites is 1. The van der Waals surface area contributed by atoms with Gasteiger partial charge in [0.1, 0.15) is 0 Å². The summed E-state index contributed by atoms with van der Waals surface area (Å²) >= 11 is 0. The highest BCUT2D eigenvalue weighted by atomic mass is 16.5. The fourth-order valence-electron chi connectivity index (χ4n) is 2.78. The highest BCUT2D eigenvalue weighted by Crippen LogP contribution is 2.25. The minimum atomic E-state index is -0.500. The molecule has 0 saturated carbocycles. The molecule has 0 atom stereocenters. The van der Waals surface area contributed by atoms with E-state index in [-0.39, 0.29) is 11.8 Å². The molecule has 1 amide bonds. The third-order valence-corrected chi connectivity index (χ3v) is 4.06. The van der Waals surface area contributed by atoms with Crippen LogP contribution in [0.3, 0.4) is 0 Å². The second-order valence-electron chi connectivity index (χ2n) is 6.32. The topological polar surface area (TPSA) is 89.3 Å². The monoisotopic (exact) mass is 357 g/mol. The van der Waals surface area contributed by atoms with Gasteiger partial charge in [0.25, 0.3) is 11.5 Å². The van der Waals surface area contributed by atoms with Gasteiger partial charge in [-0.2, -0.15) is 0 Å². The van der Waals surface area contributed by atoms with Crippen LogP contribution in [0.4, 0.5) is 11.6 Å². The van der Waals surface area contributed by atoms with Gasteiger partial charge < -0.3 is 15.0 Å². The zero-order chi connectivity index (χ0) is 18.5. The summed E-state index contributed by atoms with van der Waals surface area (Å²) in [5, 5.41) is 10.7. The maximum absolute atomic E-state index is 12.6. The number of anilines is 2. The highest BCUT2D eigenvalue weighted by molar-refractivity contribution is 5.91. The predicted octanol–water partition coefficient (Wildman–Crippen LogP) is 1.33. The van der Waals surface area contributed by atoms with E-state index < -0.39 is 11.5 Å². The number of rotatable bonds is 7. The molecule has 0 radical (unpaired) electrons. The molecule has 1 aliphatic heterocycles. The number of hydrogen-bond donors (Lipinski definition) is 1. The fraction of sp³-hybridized carbons (Fsp3) is 0.444. The van der Waals surface area contributed by atoms with Crippen LogP contribution in [0.2, 0.25) is 0 Å². The number of carbonyl (C=O) groups excluding carboxylic acids is 1. The number of amides is 1. The summed E-state index contributed by atoms with van der Waals surface area (Å²) < 4.78 is 6.91. The number of ether oxygens (including phenoxy) is 1. The summed E-state index contributed by atoms with van der Waals surface area (Å²) in [6.07, 6.45) is 0.830. The SMILES string of the molecule is CC(C)OCCCNC(=O)c1nnc2n(c1=O)CCN2c1ccccc1. The molecule has 8 nitrogen and oxygen atoms in total. The van der Waals surface area contributed by atoms with Crippen LogP contribution in [0.1, 0.15) is 30.8 Å². The Labute approximate surface area is 151 Å². The van der Waals surface area contributed by atoms with Crippen LogP contribution in [-0.4, -0.2) is 46.5 Å². The molecule has 0 fully saturated rings. The molecule has 0 bridgehead atoms. The first-order valence-corrected chi connectivity index (χ1v) is 8.78. The molecule has 3 rings (SSSR count). The van der Waals surface area contributed by atoms with Gasteiger partial charge in [0.05, 0.1) is 6.10 Å². The second kappa shape index (κ2) is 8.09. The molecule has 2 aromatic rings. The van der Waals surface area contributed by atoms with Crippen molar-refractivity contribution in [3.05, 3.63) is 46.4 Å². The van der Waals surface area contributed by atoms with E-state index in [1.807, 2.05) is 49.1 Å². The van der Waals surface area contributed by atoms with E-state index >= 15 is 0 Å². The van der Waals surface area contributed by atoms with E-state index in [0.717, 1.165) is 5.69 Å². The predicted molar refractivity (Wildman–Crippen MR) is 97.8 cm³/mol. The Morgan fingerprint density at radius 2 is 2.00 bits per heavy atom. The van der Waals surface area contributed by atoms with E-state index in [2.05, 4.69) is 15.5 Å². The van der Waals surface area contributed by atoms with Gasteiger partial charge in [-0.05, 0) is 32.4 Å². The molecule has 26 heavy (non-hydrogen) atoms. The Balaban J connectivity index is 1.68. The van der Waals surface area contributed by atoms with Crippen LogP contribution in [0.15, 0.2) is 35.1 Å². The van der Waals surface area contributed by atoms with Crippen LogP contribution >= 0.6 is 0 Å². The second-order valence-corrected chi connectivity index (χ2v) is 6.32. The summed E-state index contributed by atoms with van der Waals surface area (Å²) in [6.45, 7) is 5.98. The zero-order valence-electron chi connectivity index (χ0n) is 15.0. The Bertz CT molecular complexity index is 819. The number of carbonyl (C=O) groups is 1. The van der Waals surface area contributed by atoms with Crippen molar-refractivity contribution < 1.29 is 9.53 Å². The molecule has 0 saturated heterocycles. The number of nitrogens with one attached hydrogen (secondary N) is 1. The van der Waals surface area contributed by atoms with Gasteiger partial charge >= 0.3 is 0 Å². The summed E-state index contributed by atoms with van der Waals surface area (Å²) in [7, 11) is 0. The average Bonchev–Trinajstić information content (AvgIpc) is 3.07. The first-order valence-electron chi connectivity index (χ1n) is 8.78. The standard InChI is InChI=1S/C18H23N5O3/c1-13(2)26-12-6-9-19-16(24)15-17(25)23-11-10-22(18(23)21-20-15)14-7-4-3-5-8-14/h3-5,7-8,13H,6,9-12H2,1-2H3,(H,19,24). The lowest BCUT2D eigenvalue weighted by Gasteiger charge is -2.16. The average molecular weight is 357 g/mol. The molecule has 2 heterocycles. The number of benzene rings is 1. The number of hydrogen-bond acceptors (Lipinski definition) is 6. The molecule has 8 heteroatoms. The van der Waals surface area contributed by atoms with Crippen molar-refractivity contribution in [3.63, 3.8) is 0 Å². The molecule has 0 unspecified atom stereocenters. The van der Waals surface area contributed by atoms with Crippen molar-refractivity contribution in [2.75, 3.05) is 24.6 Å². The smallest absolute Gasteiger partial charge is 0.286 e. The molecule has 1 aliphatic rings. The van der Waals surface area contributed by atoms with Gasteiger partial charge in [-0.1, -0.05) is 18.2 Å².